The second kappa shape index (κ2) is 8.86. The van der Waals surface area contributed by atoms with Crippen LogP contribution in [0.2, 0.25) is 0 Å². The number of anilines is 2. The Morgan fingerprint density at radius 2 is 1.67 bits per heavy atom. The second-order valence-corrected chi connectivity index (χ2v) is 8.33. The van der Waals surface area contributed by atoms with Gasteiger partial charge in [0.05, 0.1) is 0 Å². The summed E-state index contributed by atoms with van der Waals surface area (Å²) in [4.78, 5) is 23.3. The monoisotopic (exact) mass is 438 g/mol. The Kier molecular flexibility index (Phi) is 5.60. The third-order valence-electron chi connectivity index (χ3n) is 6.21. The van der Waals surface area contributed by atoms with E-state index in [0.29, 0.717) is 19.6 Å². The minimum absolute atomic E-state index is 0.00438. The Hall–Kier alpha value is -4.00. The van der Waals surface area contributed by atoms with Gasteiger partial charge < -0.3 is 9.80 Å². The van der Waals surface area contributed by atoms with Crippen LogP contribution in [0.15, 0.2) is 79.1 Å². The topological polar surface area (TPSA) is 65.5 Å². The molecule has 2 aromatic carbocycles. The number of nitrogens with zero attached hydrogens (tertiary/aromatic N) is 6. The number of hydrogen-bond donors (Lipinski definition) is 0. The molecule has 1 atom stereocenters. The molecule has 2 amide bonds. The van der Waals surface area contributed by atoms with E-state index in [1.807, 2.05) is 84.9 Å². The SMILES string of the molecule is C[C@@H]1CN(C(=O)N(C)c2ccccc2)CCN1c1nnc(-c2ccccc2)c2ccncc12. The standard InChI is InChI=1S/C26H26N6O/c1-19-18-31(26(33)30(2)21-11-7-4-8-12-21)15-16-32(19)25-23-17-27-14-13-22(23)24(28-29-25)20-9-5-3-6-10-20/h3-14,17,19H,15-16,18H2,1-2H3/t19-/m1/s1. The maximum atomic E-state index is 13.1. The average Bonchev–Trinajstić information content (AvgIpc) is 2.88. The molecule has 5 rings (SSSR count). The summed E-state index contributed by atoms with van der Waals surface area (Å²) in [7, 11) is 1.82. The minimum atomic E-state index is 0.00438. The van der Waals surface area contributed by atoms with E-state index in [1.165, 1.54) is 0 Å². The minimum Gasteiger partial charge on any atom is -0.348 e. The summed E-state index contributed by atoms with van der Waals surface area (Å²) < 4.78 is 0. The number of carbonyl (C=O) groups excluding carboxylic acids is 1. The molecule has 1 aliphatic rings. The van der Waals surface area contributed by atoms with Gasteiger partial charge in [-0.1, -0.05) is 48.5 Å². The van der Waals surface area contributed by atoms with E-state index < -0.39 is 0 Å². The molecule has 0 radical (unpaired) electrons. The van der Waals surface area contributed by atoms with Crippen molar-refractivity contribution < 1.29 is 4.79 Å². The highest BCUT2D eigenvalue weighted by Gasteiger charge is 2.31. The lowest BCUT2D eigenvalue weighted by Crippen LogP contribution is -2.56. The van der Waals surface area contributed by atoms with Crippen molar-refractivity contribution in [1.29, 1.82) is 0 Å². The van der Waals surface area contributed by atoms with Crippen LogP contribution in [0.5, 0.6) is 0 Å². The zero-order valence-electron chi connectivity index (χ0n) is 18.8. The number of aromatic nitrogens is 3. The third-order valence-corrected chi connectivity index (χ3v) is 6.21. The fourth-order valence-corrected chi connectivity index (χ4v) is 4.43. The molecule has 1 fully saturated rings. The molecular formula is C26H26N6O. The number of rotatable bonds is 3. The van der Waals surface area contributed by atoms with Gasteiger partial charge in [-0.15, -0.1) is 10.2 Å². The van der Waals surface area contributed by atoms with E-state index in [4.69, 9.17) is 0 Å². The second-order valence-electron chi connectivity index (χ2n) is 8.33. The first-order valence-electron chi connectivity index (χ1n) is 11.1. The zero-order chi connectivity index (χ0) is 22.8. The van der Waals surface area contributed by atoms with Crippen molar-refractivity contribution in [2.75, 3.05) is 36.5 Å². The van der Waals surface area contributed by atoms with Gasteiger partial charge >= 0.3 is 6.03 Å². The first kappa shape index (κ1) is 20.9. The van der Waals surface area contributed by atoms with Gasteiger partial charge in [-0.3, -0.25) is 9.88 Å². The van der Waals surface area contributed by atoms with Gasteiger partial charge in [-0.05, 0) is 25.1 Å². The Morgan fingerprint density at radius 1 is 0.939 bits per heavy atom. The first-order chi connectivity index (χ1) is 16.1. The Labute approximate surface area is 193 Å². The van der Waals surface area contributed by atoms with Gasteiger partial charge in [-0.25, -0.2) is 4.79 Å². The number of piperazine rings is 1. The number of para-hydroxylation sites is 1. The molecule has 1 saturated heterocycles. The number of benzene rings is 2. The van der Waals surface area contributed by atoms with Crippen LogP contribution in [-0.2, 0) is 0 Å². The molecule has 0 saturated carbocycles. The van der Waals surface area contributed by atoms with Crippen LogP contribution < -0.4 is 9.80 Å². The fraction of sp³-hybridized carbons (Fsp3) is 0.231. The molecule has 7 heteroatoms. The van der Waals surface area contributed by atoms with Crippen LogP contribution in [-0.4, -0.2) is 58.8 Å². The summed E-state index contributed by atoms with van der Waals surface area (Å²) in [5.74, 6) is 0.814. The molecule has 4 aromatic rings. The molecule has 33 heavy (non-hydrogen) atoms. The molecule has 0 spiro atoms. The largest absolute Gasteiger partial charge is 0.348 e. The molecule has 0 unspecified atom stereocenters. The molecular weight excluding hydrogens is 412 g/mol. The van der Waals surface area contributed by atoms with Gasteiger partial charge in [0.1, 0.15) is 5.69 Å². The number of amides is 2. The van der Waals surface area contributed by atoms with Crippen molar-refractivity contribution in [3.05, 3.63) is 79.1 Å². The van der Waals surface area contributed by atoms with E-state index in [2.05, 4.69) is 27.0 Å². The maximum absolute atomic E-state index is 13.1. The van der Waals surface area contributed by atoms with Gasteiger partial charge in [0.15, 0.2) is 5.82 Å². The Balaban J connectivity index is 1.40. The zero-order valence-corrected chi connectivity index (χ0v) is 18.8. The summed E-state index contributed by atoms with van der Waals surface area (Å²) in [6, 6.07) is 21.9. The molecule has 2 aromatic heterocycles. The van der Waals surface area contributed by atoms with Gasteiger partial charge in [0.25, 0.3) is 0 Å². The summed E-state index contributed by atoms with van der Waals surface area (Å²) in [6.45, 7) is 4.03. The van der Waals surface area contributed by atoms with Crippen molar-refractivity contribution in [2.24, 2.45) is 0 Å². The van der Waals surface area contributed by atoms with Crippen LogP contribution in [0.3, 0.4) is 0 Å². The van der Waals surface area contributed by atoms with Crippen LogP contribution in [0.25, 0.3) is 22.0 Å². The normalized spacial score (nSPS) is 16.1. The number of pyridine rings is 1. The third kappa shape index (κ3) is 3.98. The molecule has 1 aliphatic heterocycles. The van der Waals surface area contributed by atoms with Gasteiger partial charge in [0.2, 0.25) is 0 Å². The maximum Gasteiger partial charge on any atom is 0.324 e. The van der Waals surface area contributed by atoms with E-state index in [9.17, 15) is 4.79 Å². The predicted octanol–water partition coefficient (Wildman–Crippen LogP) is 4.46. The van der Waals surface area contributed by atoms with Crippen molar-refractivity contribution >= 4 is 28.3 Å². The fourth-order valence-electron chi connectivity index (χ4n) is 4.43. The highest BCUT2D eigenvalue weighted by Crippen LogP contribution is 2.32. The molecule has 7 nitrogen and oxygen atoms in total. The van der Waals surface area contributed by atoms with Crippen molar-refractivity contribution in [3.63, 3.8) is 0 Å². The van der Waals surface area contributed by atoms with Crippen LogP contribution in [0.1, 0.15) is 6.92 Å². The quantitative estimate of drug-likeness (QED) is 0.473. The molecule has 166 valence electrons. The number of hydrogen-bond acceptors (Lipinski definition) is 5. The van der Waals surface area contributed by atoms with Crippen molar-refractivity contribution in [1.82, 2.24) is 20.1 Å². The molecule has 0 N–H and O–H groups in total. The van der Waals surface area contributed by atoms with Crippen LogP contribution >= 0.6 is 0 Å². The number of carbonyl (C=O) groups is 1. The lowest BCUT2D eigenvalue weighted by Gasteiger charge is -2.41. The summed E-state index contributed by atoms with van der Waals surface area (Å²) in [5.41, 5.74) is 2.76. The van der Waals surface area contributed by atoms with Crippen molar-refractivity contribution in [2.45, 2.75) is 13.0 Å². The number of fused-ring (bicyclic) bond motifs is 1. The molecule has 0 aliphatic carbocycles. The van der Waals surface area contributed by atoms with Crippen LogP contribution in [0, 0.1) is 0 Å². The number of urea groups is 1. The average molecular weight is 439 g/mol. The van der Waals surface area contributed by atoms with E-state index >= 15 is 0 Å². The van der Waals surface area contributed by atoms with Crippen LogP contribution in [0.4, 0.5) is 16.3 Å². The predicted molar refractivity (Wildman–Crippen MR) is 131 cm³/mol. The summed E-state index contributed by atoms with van der Waals surface area (Å²) >= 11 is 0. The van der Waals surface area contributed by atoms with Crippen molar-refractivity contribution in [3.8, 4) is 11.3 Å². The lowest BCUT2D eigenvalue weighted by atomic mass is 10.1. The lowest BCUT2D eigenvalue weighted by molar-refractivity contribution is 0.194. The van der Waals surface area contributed by atoms with E-state index in [0.717, 1.165) is 33.5 Å². The van der Waals surface area contributed by atoms with E-state index in [1.54, 1.807) is 11.1 Å². The van der Waals surface area contributed by atoms with Gasteiger partial charge in [-0.2, -0.15) is 0 Å². The first-order valence-corrected chi connectivity index (χ1v) is 11.1. The summed E-state index contributed by atoms with van der Waals surface area (Å²) in [6.07, 6.45) is 3.65. The van der Waals surface area contributed by atoms with E-state index in [-0.39, 0.29) is 12.1 Å². The Bertz CT molecular complexity index is 1260. The highest BCUT2D eigenvalue weighted by atomic mass is 16.2. The van der Waals surface area contributed by atoms with Gasteiger partial charge in [0, 0.05) is 67.1 Å². The molecule has 0 bridgehead atoms. The summed E-state index contributed by atoms with van der Waals surface area (Å²) in [5, 5.41) is 11.2. The molecule has 3 heterocycles. The smallest absolute Gasteiger partial charge is 0.324 e. The Morgan fingerprint density at radius 3 is 2.39 bits per heavy atom. The highest BCUT2D eigenvalue weighted by molar-refractivity contribution is 6.00.